The van der Waals surface area contributed by atoms with Crippen LogP contribution in [0.3, 0.4) is 0 Å². The van der Waals surface area contributed by atoms with Crippen LogP contribution >= 0.6 is 11.6 Å². The summed E-state index contributed by atoms with van der Waals surface area (Å²) in [5.41, 5.74) is 4.59. The van der Waals surface area contributed by atoms with E-state index in [9.17, 15) is 9.59 Å². The smallest absolute Gasteiger partial charge is 0.254 e. The van der Waals surface area contributed by atoms with Gasteiger partial charge in [-0.1, -0.05) is 11.6 Å². The predicted molar refractivity (Wildman–Crippen MR) is 125 cm³/mol. The van der Waals surface area contributed by atoms with Crippen molar-refractivity contribution in [3.63, 3.8) is 0 Å². The van der Waals surface area contributed by atoms with E-state index < -0.39 is 0 Å². The predicted octanol–water partition coefficient (Wildman–Crippen LogP) is 4.23. The van der Waals surface area contributed by atoms with E-state index in [1.54, 1.807) is 18.0 Å². The van der Waals surface area contributed by atoms with Crippen LogP contribution < -0.4 is 10.5 Å². The van der Waals surface area contributed by atoms with E-state index >= 15 is 0 Å². The molecule has 2 heterocycles. The lowest BCUT2D eigenvalue weighted by Gasteiger charge is -2.36. The highest BCUT2D eigenvalue weighted by atomic mass is 35.5. The quantitative estimate of drug-likeness (QED) is 0.722. The number of hydrogen-bond acceptors (Lipinski definition) is 4. The van der Waals surface area contributed by atoms with E-state index in [1.165, 1.54) is 0 Å². The van der Waals surface area contributed by atoms with Gasteiger partial charge in [0.1, 0.15) is 0 Å². The summed E-state index contributed by atoms with van der Waals surface area (Å²) < 4.78 is 5.52. The average Bonchev–Trinajstić information content (AvgIpc) is 2.73. The number of amides is 1. The maximum atomic E-state index is 13.4. The number of carbonyl (C=O) groups excluding carboxylic acids is 1. The molecular weight excluding hydrogens is 414 g/mol. The first-order chi connectivity index (χ1) is 14.7. The van der Waals surface area contributed by atoms with Crippen molar-refractivity contribution in [2.75, 3.05) is 31.7 Å². The molecule has 1 aliphatic rings. The van der Waals surface area contributed by atoms with Crippen molar-refractivity contribution in [3.8, 4) is 0 Å². The van der Waals surface area contributed by atoms with Gasteiger partial charge in [0.25, 0.3) is 11.5 Å². The van der Waals surface area contributed by atoms with Gasteiger partial charge in [-0.15, -0.1) is 0 Å². The van der Waals surface area contributed by atoms with Crippen LogP contribution in [-0.2, 0) is 11.3 Å². The number of ether oxygens (including phenoxy) is 1. The van der Waals surface area contributed by atoms with Gasteiger partial charge in [-0.2, -0.15) is 0 Å². The highest BCUT2D eigenvalue weighted by Gasteiger charge is 2.25. The molecule has 0 spiro atoms. The lowest BCUT2D eigenvalue weighted by molar-refractivity contribution is 0.0783. The van der Waals surface area contributed by atoms with Crippen molar-refractivity contribution >= 4 is 23.2 Å². The molecule has 6 nitrogen and oxygen atoms in total. The molecular formula is C24H32ClN3O3. The third-order valence-electron chi connectivity index (χ3n) is 6.09. The van der Waals surface area contributed by atoms with Gasteiger partial charge in [-0.05, 0) is 69.9 Å². The highest BCUT2D eigenvalue weighted by molar-refractivity contribution is 6.31. The van der Waals surface area contributed by atoms with E-state index in [-0.39, 0.29) is 18.0 Å². The Morgan fingerprint density at radius 2 is 1.87 bits per heavy atom. The maximum absolute atomic E-state index is 13.4. The number of nitrogens with zero attached hydrogens (tertiary/aromatic N) is 2. The van der Waals surface area contributed by atoms with Crippen LogP contribution in [-0.4, -0.2) is 48.6 Å². The summed E-state index contributed by atoms with van der Waals surface area (Å²) in [5, 5.41) is 0.534. The number of halogens is 1. The highest BCUT2D eigenvalue weighted by Crippen LogP contribution is 2.32. The first-order valence-corrected chi connectivity index (χ1v) is 11.2. The summed E-state index contributed by atoms with van der Waals surface area (Å²) in [5.74, 6) is -0.149. The second-order valence-corrected chi connectivity index (χ2v) is 8.77. The topological polar surface area (TPSA) is 65.6 Å². The van der Waals surface area contributed by atoms with E-state index in [0.29, 0.717) is 22.2 Å². The summed E-state index contributed by atoms with van der Waals surface area (Å²) in [6, 6.07) is 5.96. The van der Waals surface area contributed by atoms with E-state index in [4.69, 9.17) is 16.3 Å². The van der Waals surface area contributed by atoms with Gasteiger partial charge in [-0.25, -0.2) is 0 Å². The molecule has 1 amide bonds. The largest absolute Gasteiger partial charge is 0.381 e. The fourth-order valence-electron chi connectivity index (χ4n) is 4.40. The molecule has 1 aromatic heterocycles. The van der Waals surface area contributed by atoms with Crippen LogP contribution in [0.5, 0.6) is 0 Å². The van der Waals surface area contributed by atoms with Gasteiger partial charge in [0, 0.05) is 60.4 Å². The van der Waals surface area contributed by atoms with Gasteiger partial charge in [0.2, 0.25) is 0 Å². The SMILES string of the molecule is CCN(c1cc(Cl)cc(C(=O)N(C)Cc2c(C)cc(C)[nH]c2=O)c1C)C1CCOCC1. The molecule has 1 aliphatic heterocycles. The van der Waals surface area contributed by atoms with Crippen molar-refractivity contribution in [3.05, 3.63) is 61.5 Å². The fourth-order valence-corrected chi connectivity index (χ4v) is 4.61. The Labute approximate surface area is 189 Å². The summed E-state index contributed by atoms with van der Waals surface area (Å²) in [7, 11) is 1.72. The second-order valence-electron chi connectivity index (χ2n) is 8.33. The van der Waals surface area contributed by atoms with E-state index in [1.807, 2.05) is 32.9 Å². The summed E-state index contributed by atoms with van der Waals surface area (Å²) in [6.45, 7) is 10.4. The Kier molecular flexibility index (Phi) is 7.44. The molecule has 1 saturated heterocycles. The zero-order valence-corrected chi connectivity index (χ0v) is 19.8. The van der Waals surface area contributed by atoms with Gasteiger partial charge < -0.3 is 19.5 Å². The third-order valence-corrected chi connectivity index (χ3v) is 6.31. The molecule has 0 unspecified atom stereocenters. The second kappa shape index (κ2) is 9.88. The van der Waals surface area contributed by atoms with Gasteiger partial charge >= 0.3 is 0 Å². The Bertz CT molecular complexity index is 1010. The monoisotopic (exact) mass is 445 g/mol. The van der Waals surface area contributed by atoms with Crippen molar-refractivity contribution in [1.82, 2.24) is 9.88 Å². The lowest BCUT2D eigenvalue weighted by atomic mass is 10.0. The molecule has 1 N–H and O–H groups in total. The Hall–Kier alpha value is -2.31. The zero-order valence-electron chi connectivity index (χ0n) is 19.0. The zero-order chi connectivity index (χ0) is 22.7. The minimum atomic E-state index is -0.155. The minimum absolute atomic E-state index is 0.149. The first kappa shape index (κ1) is 23.4. The molecule has 3 rings (SSSR count). The van der Waals surface area contributed by atoms with Crippen LogP contribution in [0.4, 0.5) is 5.69 Å². The summed E-state index contributed by atoms with van der Waals surface area (Å²) >= 11 is 6.46. The minimum Gasteiger partial charge on any atom is -0.381 e. The van der Waals surface area contributed by atoms with Crippen LogP contribution in [0.15, 0.2) is 23.0 Å². The normalized spacial score (nSPS) is 14.5. The van der Waals surface area contributed by atoms with Crippen LogP contribution in [0, 0.1) is 20.8 Å². The molecule has 0 aliphatic carbocycles. The van der Waals surface area contributed by atoms with Gasteiger partial charge in [0.15, 0.2) is 0 Å². The number of aromatic amines is 1. The number of nitrogens with one attached hydrogen (secondary N) is 1. The number of benzene rings is 1. The van der Waals surface area contributed by atoms with Crippen molar-refractivity contribution in [2.24, 2.45) is 0 Å². The molecule has 0 atom stereocenters. The van der Waals surface area contributed by atoms with Gasteiger partial charge in [-0.3, -0.25) is 9.59 Å². The summed E-state index contributed by atoms with van der Waals surface area (Å²) in [4.78, 5) is 32.5. The molecule has 0 bridgehead atoms. The van der Waals surface area contributed by atoms with Crippen LogP contribution in [0.1, 0.15) is 52.5 Å². The molecule has 0 radical (unpaired) electrons. The molecule has 2 aromatic rings. The first-order valence-electron chi connectivity index (χ1n) is 10.8. The number of hydrogen-bond donors (Lipinski definition) is 1. The Morgan fingerprint density at radius 3 is 2.48 bits per heavy atom. The lowest BCUT2D eigenvalue weighted by Crippen LogP contribution is -2.40. The standard InChI is InChI=1S/C24H32ClN3O3/c1-6-28(19-7-9-31-10-8-19)22-13-18(25)12-20(17(22)4)24(30)27(5)14-21-15(2)11-16(3)26-23(21)29/h11-13,19H,6-10,14H2,1-5H3,(H,26,29). The molecule has 31 heavy (non-hydrogen) atoms. The Morgan fingerprint density at radius 1 is 1.19 bits per heavy atom. The number of H-pyrrole nitrogens is 1. The number of pyridine rings is 1. The molecule has 0 saturated carbocycles. The number of carbonyl (C=O) groups is 1. The van der Waals surface area contributed by atoms with Gasteiger partial charge in [0.05, 0.1) is 6.54 Å². The van der Waals surface area contributed by atoms with Crippen molar-refractivity contribution in [2.45, 2.75) is 53.1 Å². The van der Waals surface area contributed by atoms with Crippen molar-refractivity contribution in [1.29, 1.82) is 0 Å². The number of rotatable bonds is 6. The third kappa shape index (κ3) is 5.13. The summed E-state index contributed by atoms with van der Waals surface area (Å²) in [6.07, 6.45) is 1.91. The molecule has 1 fully saturated rings. The van der Waals surface area contributed by atoms with Crippen LogP contribution in [0.2, 0.25) is 5.02 Å². The molecule has 1 aromatic carbocycles. The Balaban J connectivity index is 1.91. The maximum Gasteiger partial charge on any atom is 0.254 e. The average molecular weight is 446 g/mol. The number of aryl methyl sites for hydroxylation is 2. The molecule has 168 valence electrons. The van der Waals surface area contributed by atoms with Crippen molar-refractivity contribution < 1.29 is 9.53 Å². The van der Waals surface area contributed by atoms with E-state index in [0.717, 1.165) is 55.1 Å². The fraction of sp³-hybridized carbons (Fsp3) is 0.500. The number of anilines is 1. The molecule has 7 heteroatoms. The number of aromatic nitrogens is 1. The van der Waals surface area contributed by atoms with Crippen LogP contribution in [0.25, 0.3) is 0 Å². The van der Waals surface area contributed by atoms with E-state index in [2.05, 4.69) is 16.8 Å².